The predicted octanol–water partition coefficient (Wildman–Crippen LogP) is 3.91. The van der Waals surface area contributed by atoms with Gasteiger partial charge in [-0.3, -0.25) is 4.79 Å². The van der Waals surface area contributed by atoms with Crippen molar-refractivity contribution in [1.82, 2.24) is 4.31 Å². The molecule has 1 saturated heterocycles. The highest BCUT2D eigenvalue weighted by molar-refractivity contribution is 7.89. The van der Waals surface area contributed by atoms with Crippen LogP contribution in [0.3, 0.4) is 0 Å². The maximum Gasteiger partial charge on any atom is 0.338 e. The van der Waals surface area contributed by atoms with Crippen molar-refractivity contribution in [2.45, 2.75) is 44.9 Å². The molecule has 2 aromatic rings. The number of benzene rings is 2. The fourth-order valence-corrected chi connectivity index (χ4v) is 5.09. The van der Waals surface area contributed by atoms with Gasteiger partial charge in [-0.15, -0.1) is 0 Å². The second kappa shape index (κ2) is 9.62. The summed E-state index contributed by atoms with van der Waals surface area (Å²) in [6.45, 7) is 6.55. The van der Waals surface area contributed by atoms with E-state index in [1.54, 1.807) is 44.2 Å². The molecule has 3 rings (SSSR count). The summed E-state index contributed by atoms with van der Waals surface area (Å²) in [5, 5.41) is 2.81. The average molecular weight is 445 g/mol. The third kappa shape index (κ3) is 5.14. The lowest BCUT2D eigenvalue weighted by Crippen LogP contribution is -2.35. The van der Waals surface area contributed by atoms with E-state index in [2.05, 4.69) is 5.32 Å². The van der Waals surface area contributed by atoms with Crippen LogP contribution in [0.25, 0.3) is 0 Å². The number of carbonyl (C=O) groups is 2. The molecule has 1 heterocycles. The van der Waals surface area contributed by atoms with E-state index in [0.717, 1.165) is 24.8 Å². The van der Waals surface area contributed by atoms with E-state index in [4.69, 9.17) is 4.74 Å². The minimum absolute atomic E-state index is 0.113. The SMILES string of the molecule is CCOC(=O)c1ccc(C)c(NC(=O)c2cc(S(=O)(=O)N3CCCCC3)ccc2C)c1. The Morgan fingerprint density at radius 2 is 1.68 bits per heavy atom. The van der Waals surface area contributed by atoms with Crippen molar-refractivity contribution >= 4 is 27.6 Å². The Labute approximate surface area is 183 Å². The van der Waals surface area contributed by atoms with Crippen LogP contribution in [0, 0.1) is 13.8 Å². The topological polar surface area (TPSA) is 92.8 Å². The highest BCUT2D eigenvalue weighted by atomic mass is 32.2. The van der Waals surface area contributed by atoms with Gasteiger partial charge in [-0.1, -0.05) is 18.6 Å². The summed E-state index contributed by atoms with van der Waals surface area (Å²) in [7, 11) is -3.65. The third-order valence-electron chi connectivity index (χ3n) is 5.40. The summed E-state index contributed by atoms with van der Waals surface area (Å²) in [5.74, 6) is -0.902. The molecule has 31 heavy (non-hydrogen) atoms. The molecule has 0 saturated carbocycles. The van der Waals surface area contributed by atoms with Crippen LogP contribution in [0.5, 0.6) is 0 Å². The van der Waals surface area contributed by atoms with Gasteiger partial charge in [0.1, 0.15) is 0 Å². The normalized spacial score (nSPS) is 14.8. The van der Waals surface area contributed by atoms with E-state index >= 15 is 0 Å². The molecular weight excluding hydrogens is 416 g/mol. The number of ether oxygens (including phenoxy) is 1. The number of anilines is 1. The van der Waals surface area contributed by atoms with Crippen molar-refractivity contribution in [3.8, 4) is 0 Å². The number of amides is 1. The first-order chi connectivity index (χ1) is 14.7. The molecule has 1 aliphatic heterocycles. The Balaban J connectivity index is 1.88. The zero-order chi connectivity index (χ0) is 22.6. The maximum atomic E-state index is 13.0. The van der Waals surface area contributed by atoms with E-state index < -0.39 is 21.9 Å². The van der Waals surface area contributed by atoms with Gasteiger partial charge in [0, 0.05) is 24.3 Å². The molecule has 166 valence electrons. The van der Waals surface area contributed by atoms with Crippen molar-refractivity contribution in [1.29, 1.82) is 0 Å². The van der Waals surface area contributed by atoms with Crippen LogP contribution in [0.4, 0.5) is 5.69 Å². The molecule has 1 amide bonds. The van der Waals surface area contributed by atoms with Gasteiger partial charge in [-0.2, -0.15) is 4.31 Å². The number of esters is 1. The van der Waals surface area contributed by atoms with Gasteiger partial charge in [-0.25, -0.2) is 13.2 Å². The molecule has 7 nitrogen and oxygen atoms in total. The van der Waals surface area contributed by atoms with Gasteiger partial charge in [0.05, 0.1) is 17.1 Å². The molecule has 8 heteroatoms. The van der Waals surface area contributed by atoms with Crippen molar-refractivity contribution in [3.63, 3.8) is 0 Å². The molecule has 0 aliphatic carbocycles. The zero-order valence-corrected chi connectivity index (χ0v) is 18.9. The summed E-state index contributed by atoms with van der Waals surface area (Å²) >= 11 is 0. The van der Waals surface area contributed by atoms with Crippen molar-refractivity contribution in [3.05, 3.63) is 58.7 Å². The van der Waals surface area contributed by atoms with E-state index in [-0.39, 0.29) is 17.1 Å². The number of rotatable bonds is 6. The number of aryl methyl sites for hydroxylation is 2. The van der Waals surface area contributed by atoms with Crippen LogP contribution in [0.2, 0.25) is 0 Å². The lowest BCUT2D eigenvalue weighted by molar-refractivity contribution is 0.0526. The van der Waals surface area contributed by atoms with Gasteiger partial charge < -0.3 is 10.1 Å². The van der Waals surface area contributed by atoms with E-state index in [1.807, 2.05) is 6.92 Å². The maximum absolute atomic E-state index is 13.0. The molecule has 0 spiro atoms. The average Bonchev–Trinajstić information content (AvgIpc) is 2.76. The molecule has 0 radical (unpaired) electrons. The van der Waals surface area contributed by atoms with Gasteiger partial charge in [0.25, 0.3) is 5.91 Å². The van der Waals surface area contributed by atoms with Crippen LogP contribution in [-0.4, -0.2) is 44.3 Å². The van der Waals surface area contributed by atoms with Crippen molar-refractivity contribution in [2.24, 2.45) is 0 Å². The molecular formula is C23H28N2O5S. The van der Waals surface area contributed by atoms with Crippen LogP contribution >= 0.6 is 0 Å². The van der Waals surface area contributed by atoms with E-state index in [0.29, 0.717) is 29.9 Å². The van der Waals surface area contributed by atoms with Gasteiger partial charge in [0.15, 0.2) is 0 Å². The molecule has 2 aromatic carbocycles. The van der Waals surface area contributed by atoms with Crippen molar-refractivity contribution in [2.75, 3.05) is 25.0 Å². The highest BCUT2D eigenvalue weighted by Crippen LogP contribution is 2.24. The minimum atomic E-state index is -3.65. The Morgan fingerprint density at radius 3 is 2.35 bits per heavy atom. The largest absolute Gasteiger partial charge is 0.462 e. The second-order valence-electron chi connectivity index (χ2n) is 7.65. The molecule has 0 atom stereocenters. The quantitative estimate of drug-likeness (QED) is 0.682. The fraction of sp³-hybridized carbons (Fsp3) is 0.391. The first kappa shape index (κ1) is 23.0. The summed E-state index contributed by atoms with van der Waals surface area (Å²) in [4.78, 5) is 25.1. The van der Waals surface area contributed by atoms with Gasteiger partial charge in [0.2, 0.25) is 10.0 Å². The molecule has 0 unspecified atom stereocenters. The second-order valence-corrected chi connectivity index (χ2v) is 9.58. The predicted molar refractivity (Wildman–Crippen MR) is 119 cm³/mol. The Kier molecular flexibility index (Phi) is 7.12. The molecule has 1 N–H and O–H groups in total. The lowest BCUT2D eigenvalue weighted by atomic mass is 10.1. The third-order valence-corrected chi connectivity index (χ3v) is 7.30. The first-order valence-electron chi connectivity index (χ1n) is 10.4. The number of piperidine rings is 1. The molecule has 1 fully saturated rings. The number of nitrogens with one attached hydrogen (secondary N) is 1. The first-order valence-corrected chi connectivity index (χ1v) is 11.9. The molecule has 1 aliphatic rings. The smallest absolute Gasteiger partial charge is 0.338 e. The minimum Gasteiger partial charge on any atom is -0.462 e. The molecule has 0 aromatic heterocycles. The number of carbonyl (C=O) groups excluding carboxylic acids is 2. The summed E-state index contributed by atoms with van der Waals surface area (Å²) < 4.78 is 32.5. The monoisotopic (exact) mass is 444 g/mol. The highest BCUT2D eigenvalue weighted by Gasteiger charge is 2.27. The Morgan fingerprint density at radius 1 is 1.00 bits per heavy atom. The van der Waals surface area contributed by atoms with Crippen molar-refractivity contribution < 1.29 is 22.7 Å². The van der Waals surface area contributed by atoms with Crippen LogP contribution < -0.4 is 5.32 Å². The number of hydrogen-bond acceptors (Lipinski definition) is 5. The standard InChI is InChI=1S/C23H28N2O5S/c1-4-30-23(27)18-10-8-17(3)21(14-18)24-22(26)20-15-19(11-9-16(20)2)31(28,29)25-12-6-5-7-13-25/h8-11,14-15H,4-7,12-13H2,1-3H3,(H,24,26). The summed E-state index contributed by atoms with van der Waals surface area (Å²) in [5.41, 5.74) is 2.52. The molecule has 0 bridgehead atoms. The number of sulfonamides is 1. The summed E-state index contributed by atoms with van der Waals surface area (Å²) in [6, 6.07) is 9.55. The Bertz CT molecular complexity index is 1090. The number of hydrogen-bond donors (Lipinski definition) is 1. The fourth-order valence-electron chi connectivity index (χ4n) is 3.55. The van der Waals surface area contributed by atoms with Gasteiger partial charge in [-0.05, 0) is 69.0 Å². The van der Waals surface area contributed by atoms with E-state index in [9.17, 15) is 18.0 Å². The lowest BCUT2D eigenvalue weighted by Gasteiger charge is -2.26. The van der Waals surface area contributed by atoms with Crippen LogP contribution in [0.1, 0.15) is 58.0 Å². The van der Waals surface area contributed by atoms with Crippen LogP contribution in [0.15, 0.2) is 41.3 Å². The van der Waals surface area contributed by atoms with E-state index in [1.165, 1.54) is 10.4 Å². The summed E-state index contributed by atoms with van der Waals surface area (Å²) in [6.07, 6.45) is 2.71. The number of nitrogens with zero attached hydrogens (tertiary/aromatic N) is 1. The van der Waals surface area contributed by atoms with Crippen LogP contribution in [-0.2, 0) is 14.8 Å². The Hall–Kier alpha value is -2.71. The zero-order valence-electron chi connectivity index (χ0n) is 18.1. The van der Waals surface area contributed by atoms with Gasteiger partial charge >= 0.3 is 5.97 Å².